The van der Waals surface area contributed by atoms with Crippen LogP contribution < -0.4 is 26.6 Å². The molecule has 0 radical (unpaired) electrons. The molecule has 0 saturated heterocycles. The molecule has 0 unspecified atom stereocenters. The first-order chi connectivity index (χ1) is 21.6. The highest BCUT2D eigenvalue weighted by atomic mass is 16.5. The molecule has 45 heavy (non-hydrogen) atoms. The van der Waals surface area contributed by atoms with E-state index in [2.05, 4.69) is 26.6 Å². The van der Waals surface area contributed by atoms with E-state index in [4.69, 9.17) is 14.6 Å². The van der Waals surface area contributed by atoms with E-state index in [0.717, 1.165) is 16.3 Å². The molecule has 0 bridgehead atoms. The highest BCUT2D eigenvalue weighted by molar-refractivity contribution is 6.05. The number of alkyl carbamates (subject to hydrolysis) is 1. The van der Waals surface area contributed by atoms with Gasteiger partial charge in [0.05, 0.1) is 6.04 Å². The van der Waals surface area contributed by atoms with Gasteiger partial charge in [-0.3, -0.25) is 19.2 Å². The Morgan fingerprint density at radius 1 is 0.844 bits per heavy atom. The number of carbonyl (C=O) groups is 5. The molecule has 0 saturated carbocycles. The first kappa shape index (κ1) is 36.2. The van der Waals surface area contributed by atoms with E-state index in [1.165, 1.54) is 0 Å². The zero-order chi connectivity index (χ0) is 33.2. The van der Waals surface area contributed by atoms with Crippen LogP contribution >= 0.6 is 0 Å². The number of hydrogen-bond donors (Lipinski definition) is 6. The number of fused-ring (bicyclic) bond motifs is 1. The average molecular weight is 622 g/mol. The SMILES string of the molecule is CN[C@@H](C)C(=O)N[C@H](C(=O)N[C@@H](CCCNC(=O)OCc1ccccc1)C(=O)Nc1cccc2ccccc12)C(C)C.O=CO. The molecule has 0 fully saturated rings. The third-order valence-electron chi connectivity index (χ3n) is 6.91. The molecule has 6 N–H and O–H groups in total. The summed E-state index contributed by atoms with van der Waals surface area (Å²) in [6.45, 7) is 5.48. The van der Waals surface area contributed by atoms with Crippen molar-refractivity contribution in [3.63, 3.8) is 0 Å². The van der Waals surface area contributed by atoms with Crippen molar-refractivity contribution in [1.82, 2.24) is 21.3 Å². The van der Waals surface area contributed by atoms with Gasteiger partial charge in [-0.1, -0.05) is 80.6 Å². The fourth-order valence-electron chi connectivity index (χ4n) is 4.30. The minimum absolute atomic E-state index is 0.146. The highest BCUT2D eigenvalue weighted by Gasteiger charge is 2.30. The number of likely N-dealkylation sites (N-methyl/N-ethyl adjacent to an activating group) is 1. The van der Waals surface area contributed by atoms with E-state index in [1.807, 2.05) is 80.6 Å². The van der Waals surface area contributed by atoms with Gasteiger partial charge in [-0.05, 0) is 49.7 Å². The second-order valence-electron chi connectivity index (χ2n) is 10.6. The molecule has 0 aliphatic rings. The summed E-state index contributed by atoms with van der Waals surface area (Å²) in [4.78, 5) is 59.9. The van der Waals surface area contributed by atoms with Crippen molar-refractivity contribution in [3.8, 4) is 0 Å². The molecule has 0 spiro atoms. The summed E-state index contributed by atoms with van der Waals surface area (Å²) < 4.78 is 5.25. The van der Waals surface area contributed by atoms with Gasteiger partial charge in [0.25, 0.3) is 6.47 Å². The van der Waals surface area contributed by atoms with Crippen LogP contribution in [0.15, 0.2) is 72.8 Å². The minimum atomic E-state index is -0.918. The number of benzene rings is 3. The van der Waals surface area contributed by atoms with Crippen LogP contribution in [0, 0.1) is 5.92 Å². The van der Waals surface area contributed by atoms with Crippen LogP contribution in [0.2, 0.25) is 0 Å². The third-order valence-corrected chi connectivity index (χ3v) is 6.91. The lowest BCUT2D eigenvalue weighted by Gasteiger charge is -2.26. The predicted molar refractivity (Wildman–Crippen MR) is 172 cm³/mol. The van der Waals surface area contributed by atoms with Gasteiger partial charge in [-0.2, -0.15) is 0 Å². The van der Waals surface area contributed by atoms with Crippen LogP contribution in [-0.2, 0) is 30.5 Å². The fraction of sp³-hybridized carbons (Fsp3) is 0.364. The zero-order valence-corrected chi connectivity index (χ0v) is 26.0. The van der Waals surface area contributed by atoms with Gasteiger partial charge in [0, 0.05) is 17.6 Å². The molecule has 0 heterocycles. The summed E-state index contributed by atoms with van der Waals surface area (Å²) in [6, 6.07) is 20.4. The first-order valence-electron chi connectivity index (χ1n) is 14.7. The van der Waals surface area contributed by atoms with Crippen LogP contribution in [0.5, 0.6) is 0 Å². The molecule has 12 heteroatoms. The molecule has 12 nitrogen and oxygen atoms in total. The van der Waals surface area contributed by atoms with Crippen molar-refractivity contribution >= 4 is 46.7 Å². The van der Waals surface area contributed by atoms with Crippen molar-refractivity contribution in [1.29, 1.82) is 0 Å². The molecule has 4 amide bonds. The molecule has 0 aliphatic carbocycles. The highest BCUT2D eigenvalue weighted by Crippen LogP contribution is 2.23. The summed E-state index contributed by atoms with van der Waals surface area (Å²) in [7, 11) is 1.66. The average Bonchev–Trinajstić information content (AvgIpc) is 3.04. The normalized spacial score (nSPS) is 12.5. The second kappa shape index (κ2) is 19.3. The zero-order valence-electron chi connectivity index (χ0n) is 26.0. The largest absolute Gasteiger partial charge is 0.483 e. The van der Waals surface area contributed by atoms with Crippen molar-refractivity contribution in [2.45, 2.75) is 58.3 Å². The lowest BCUT2D eigenvalue weighted by Crippen LogP contribution is -2.56. The lowest BCUT2D eigenvalue weighted by atomic mass is 10.0. The number of carbonyl (C=O) groups excluding carboxylic acids is 4. The Balaban J connectivity index is 0.00000226. The van der Waals surface area contributed by atoms with Crippen molar-refractivity contribution in [2.75, 3.05) is 18.9 Å². The summed E-state index contributed by atoms with van der Waals surface area (Å²) in [6.07, 6.45) is 0.0671. The fourth-order valence-corrected chi connectivity index (χ4v) is 4.30. The van der Waals surface area contributed by atoms with Crippen LogP contribution in [0.1, 0.15) is 39.2 Å². The van der Waals surface area contributed by atoms with E-state index in [-0.39, 0.29) is 37.9 Å². The summed E-state index contributed by atoms with van der Waals surface area (Å²) in [5, 5.41) is 22.8. The number of ether oxygens (including phenoxy) is 1. The minimum Gasteiger partial charge on any atom is -0.483 e. The van der Waals surface area contributed by atoms with Gasteiger partial charge < -0.3 is 36.4 Å². The van der Waals surface area contributed by atoms with Crippen molar-refractivity contribution < 1.29 is 33.8 Å². The Labute approximate surface area is 263 Å². The van der Waals surface area contributed by atoms with E-state index in [1.54, 1.807) is 20.0 Å². The van der Waals surface area contributed by atoms with Gasteiger partial charge in [-0.25, -0.2) is 4.79 Å². The smallest absolute Gasteiger partial charge is 0.407 e. The molecule has 3 aromatic carbocycles. The topological polar surface area (TPSA) is 175 Å². The molecule has 3 rings (SSSR count). The maximum Gasteiger partial charge on any atom is 0.407 e. The maximum atomic E-state index is 13.5. The van der Waals surface area contributed by atoms with Crippen molar-refractivity contribution in [2.24, 2.45) is 5.92 Å². The van der Waals surface area contributed by atoms with E-state index in [0.29, 0.717) is 12.1 Å². The summed E-state index contributed by atoms with van der Waals surface area (Å²) >= 11 is 0. The van der Waals surface area contributed by atoms with Crippen LogP contribution in [-0.4, -0.2) is 67.1 Å². The maximum absolute atomic E-state index is 13.5. The number of nitrogens with one attached hydrogen (secondary N) is 5. The Bertz CT molecular complexity index is 1400. The van der Waals surface area contributed by atoms with Crippen LogP contribution in [0.3, 0.4) is 0 Å². The van der Waals surface area contributed by atoms with E-state index in [9.17, 15) is 19.2 Å². The van der Waals surface area contributed by atoms with Gasteiger partial charge in [-0.15, -0.1) is 0 Å². The Morgan fingerprint density at radius 2 is 1.49 bits per heavy atom. The van der Waals surface area contributed by atoms with Crippen LogP contribution in [0.25, 0.3) is 10.8 Å². The number of rotatable bonds is 14. The number of carboxylic acid groups (broad SMARTS) is 1. The van der Waals surface area contributed by atoms with Gasteiger partial charge in [0.2, 0.25) is 17.7 Å². The number of anilines is 1. The molecule has 0 aromatic heterocycles. The Kier molecular flexibility index (Phi) is 15.6. The van der Waals surface area contributed by atoms with E-state index >= 15 is 0 Å². The molecule has 0 aliphatic heterocycles. The number of hydrogen-bond acceptors (Lipinski definition) is 7. The van der Waals surface area contributed by atoms with Crippen molar-refractivity contribution in [3.05, 3.63) is 78.4 Å². The molecular weight excluding hydrogens is 578 g/mol. The Hall–Kier alpha value is -4.97. The number of amides is 4. The summed E-state index contributed by atoms with van der Waals surface area (Å²) in [5.41, 5.74) is 1.49. The lowest BCUT2D eigenvalue weighted by molar-refractivity contribution is -0.132. The molecule has 242 valence electrons. The quantitative estimate of drug-likeness (QED) is 0.117. The molecular formula is C33H43N5O7. The molecule has 3 aromatic rings. The van der Waals surface area contributed by atoms with Crippen LogP contribution in [0.4, 0.5) is 10.5 Å². The van der Waals surface area contributed by atoms with E-state index < -0.39 is 36.0 Å². The molecule has 3 atom stereocenters. The van der Waals surface area contributed by atoms with Gasteiger partial charge in [0.1, 0.15) is 18.7 Å². The monoisotopic (exact) mass is 621 g/mol. The first-order valence-corrected chi connectivity index (χ1v) is 14.7. The predicted octanol–water partition coefficient (Wildman–Crippen LogP) is 3.42. The third kappa shape index (κ3) is 12.3. The Morgan fingerprint density at radius 3 is 2.16 bits per heavy atom. The van der Waals surface area contributed by atoms with Gasteiger partial charge >= 0.3 is 6.09 Å². The summed E-state index contributed by atoms with van der Waals surface area (Å²) in [5.74, 6) is -1.40. The standard InChI is InChI=1S/C32H41N5O5.CH2O2/c1-21(2)28(37-29(38)22(3)33-4)31(40)36-27(18-11-19-34-32(41)42-20-23-12-6-5-7-13-23)30(39)35-26-17-10-15-24-14-8-9-16-25(24)26;2-1-3/h5-10,12-17,21-22,27-28,33H,11,18-20H2,1-4H3,(H,34,41)(H,35,39)(H,36,40)(H,37,38);1H,(H,2,3)/t22-,27-,28-;/m0./s1. The second-order valence-corrected chi connectivity index (χ2v) is 10.6. The van der Waals surface area contributed by atoms with Gasteiger partial charge in [0.15, 0.2) is 0 Å².